The van der Waals surface area contributed by atoms with Crippen molar-refractivity contribution in [2.75, 3.05) is 18.0 Å². The molecular formula is C13H14N2O2. The summed E-state index contributed by atoms with van der Waals surface area (Å²) in [4.78, 5) is 15.1. The Labute approximate surface area is 99.8 Å². The lowest BCUT2D eigenvalue weighted by molar-refractivity contribution is 0.199. The van der Waals surface area contributed by atoms with Gasteiger partial charge in [0.2, 0.25) is 0 Å². The maximum absolute atomic E-state index is 11.3. The molecule has 1 aromatic carbocycles. The third-order valence-corrected chi connectivity index (χ3v) is 3.42. The molecular weight excluding hydrogens is 216 g/mol. The number of para-hydroxylation sites is 1. The van der Waals surface area contributed by atoms with E-state index in [1.807, 2.05) is 24.3 Å². The molecule has 2 heterocycles. The Kier molecular flexibility index (Phi) is 2.37. The quantitative estimate of drug-likeness (QED) is 0.692. The number of benzene rings is 1. The minimum atomic E-state index is -0.875. The molecule has 2 aliphatic heterocycles. The molecule has 0 bridgehead atoms. The van der Waals surface area contributed by atoms with Crippen molar-refractivity contribution in [2.24, 2.45) is 0 Å². The van der Waals surface area contributed by atoms with E-state index in [1.54, 1.807) is 0 Å². The van der Waals surface area contributed by atoms with Crippen molar-refractivity contribution < 1.29 is 9.90 Å². The Bertz CT molecular complexity index is 484. The third-order valence-electron chi connectivity index (χ3n) is 3.42. The van der Waals surface area contributed by atoms with Crippen molar-refractivity contribution in [3.8, 4) is 0 Å². The second-order valence-corrected chi connectivity index (χ2v) is 4.45. The molecule has 1 amide bonds. The third kappa shape index (κ3) is 1.70. The topological polar surface area (TPSA) is 43.8 Å². The van der Waals surface area contributed by atoms with Crippen LogP contribution in [0.4, 0.5) is 10.5 Å². The van der Waals surface area contributed by atoms with Crippen LogP contribution >= 0.6 is 0 Å². The van der Waals surface area contributed by atoms with Crippen molar-refractivity contribution in [1.82, 2.24) is 4.90 Å². The van der Waals surface area contributed by atoms with Gasteiger partial charge in [0.1, 0.15) is 0 Å². The molecule has 2 aliphatic rings. The summed E-state index contributed by atoms with van der Waals surface area (Å²) in [5.41, 5.74) is 1.91. The van der Waals surface area contributed by atoms with Gasteiger partial charge in [0.15, 0.2) is 0 Å². The highest BCUT2D eigenvalue weighted by Crippen LogP contribution is 2.29. The van der Waals surface area contributed by atoms with Gasteiger partial charge in [-0.3, -0.25) is 9.80 Å². The molecule has 1 atom stereocenters. The average Bonchev–Trinajstić information content (AvgIpc) is 2.68. The number of carboxylic acid groups (broad SMARTS) is 1. The van der Waals surface area contributed by atoms with Gasteiger partial charge in [-0.25, -0.2) is 4.79 Å². The zero-order valence-corrected chi connectivity index (χ0v) is 9.41. The predicted molar refractivity (Wildman–Crippen MR) is 65.2 cm³/mol. The number of hydrogen-bond donors (Lipinski definition) is 1. The van der Waals surface area contributed by atoms with E-state index < -0.39 is 6.09 Å². The van der Waals surface area contributed by atoms with Crippen LogP contribution < -0.4 is 4.90 Å². The summed E-state index contributed by atoms with van der Waals surface area (Å²) in [6, 6.07) is 7.95. The van der Waals surface area contributed by atoms with E-state index in [0.717, 1.165) is 24.3 Å². The van der Waals surface area contributed by atoms with Gasteiger partial charge in [-0.05, 0) is 11.6 Å². The van der Waals surface area contributed by atoms with E-state index in [4.69, 9.17) is 0 Å². The van der Waals surface area contributed by atoms with E-state index in [1.165, 1.54) is 4.90 Å². The zero-order chi connectivity index (χ0) is 11.8. The largest absolute Gasteiger partial charge is 0.465 e. The number of hydrogen-bond acceptors (Lipinski definition) is 2. The molecule has 4 heteroatoms. The highest BCUT2D eigenvalue weighted by Gasteiger charge is 2.30. The maximum Gasteiger partial charge on any atom is 0.411 e. The van der Waals surface area contributed by atoms with Crippen LogP contribution in [-0.2, 0) is 6.54 Å². The minimum Gasteiger partial charge on any atom is -0.465 e. The molecule has 1 unspecified atom stereocenters. The van der Waals surface area contributed by atoms with Gasteiger partial charge in [-0.2, -0.15) is 0 Å². The van der Waals surface area contributed by atoms with E-state index >= 15 is 0 Å². The molecule has 0 fully saturated rings. The second-order valence-electron chi connectivity index (χ2n) is 4.45. The average molecular weight is 230 g/mol. The van der Waals surface area contributed by atoms with Gasteiger partial charge in [-0.15, -0.1) is 0 Å². The SMILES string of the molecule is O=C(O)N1CC2C=CCN2Cc2ccccc21. The Hall–Kier alpha value is -1.81. The van der Waals surface area contributed by atoms with Crippen molar-refractivity contribution >= 4 is 11.8 Å². The van der Waals surface area contributed by atoms with Gasteiger partial charge < -0.3 is 5.11 Å². The van der Waals surface area contributed by atoms with Gasteiger partial charge >= 0.3 is 6.09 Å². The fourth-order valence-corrected chi connectivity index (χ4v) is 2.56. The molecule has 3 rings (SSSR count). The van der Waals surface area contributed by atoms with Crippen LogP contribution in [0.5, 0.6) is 0 Å². The van der Waals surface area contributed by atoms with Crippen LogP contribution in [0.1, 0.15) is 5.56 Å². The van der Waals surface area contributed by atoms with Gasteiger partial charge in [0.25, 0.3) is 0 Å². The molecule has 0 radical (unpaired) electrons. The lowest BCUT2D eigenvalue weighted by atomic mass is 10.1. The molecule has 88 valence electrons. The maximum atomic E-state index is 11.3. The standard InChI is InChI=1S/C13H14N2O2/c16-13(17)15-9-11-5-3-7-14(11)8-10-4-1-2-6-12(10)15/h1-6,11H,7-9H2,(H,16,17). The Morgan fingerprint density at radius 1 is 1.35 bits per heavy atom. The number of amides is 1. The fraction of sp³-hybridized carbons (Fsp3) is 0.308. The van der Waals surface area contributed by atoms with E-state index in [-0.39, 0.29) is 6.04 Å². The summed E-state index contributed by atoms with van der Waals surface area (Å²) in [6.07, 6.45) is 3.33. The Morgan fingerprint density at radius 3 is 3.00 bits per heavy atom. The summed E-state index contributed by atoms with van der Waals surface area (Å²) in [5.74, 6) is 0. The molecule has 17 heavy (non-hydrogen) atoms. The number of nitrogens with zero attached hydrogens (tertiary/aromatic N) is 2. The van der Waals surface area contributed by atoms with Crippen LogP contribution in [0.25, 0.3) is 0 Å². The lowest BCUT2D eigenvalue weighted by Gasteiger charge is -2.23. The van der Waals surface area contributed by atoms with Crippen molar-refractivity contribution in [2.45, 2.75) is 12.6 Å². The van der Waals surface area contributed by atoms with Gasteiger partial charge in [-0.1, -0.05) is 30.4 Å². The summed E-state index contributed by atoms with van der Waals surface area (Å²) in [5, 5.41) is 9.31. The van der Waals surface area contributed by atoms with Crippen LogP contribution in [0.2, 0.25) is 0 Å². The number of carbonyl (C=O) groups is 1. The molecule has 0 saturated heterocycles. The number of anilines is 1. The van der Waals surface area contributed by atoms with Gasteiger partial charge in [0.05, 0.1) is 5.69 Å². The first-order chi connectivity index (χ1) is 8.25. The van der Waals surface area contributed by atoms with Crippen molar-refractivity contribution in [3.05, 3.63) is 42.0 Å². The second kappa shape index (κ2) is 3.89. The number of rotatable bonds is 0. The van der Waals surface area contributed by atoms with Crippen LogP contribution in [0, 0.1) is 0 Å². The Balaban J connectivity index is 2.04. The molecule has 0 aliphatic carbocycles. The molecule has 4 nitrogen and oxygen atoms in total. The predicted octanol–water partition coefficient (Wildman–Crippen LogP) is 1.93. The molecule has 0 spiro atoms. The highest BCUT2D eigenvalue weighted by molar-refractivity contribution is 5.87. The normalized spacial score (nSPS) is 23.1. The van der Waals surface area contributed by atoms with E-state index in [0.29, 0.717) is 6.54 Å². The van der Waals surface area contributed by atoms with E-state index in [2.05, 4.69) is 17.1 Å². The summed E-state index contributed by atoms with van der Waals surface area (Å²) in [7, 11) is 0. The van der Waals surface area contributed by atoms with Crippen molar-refractivity contribution in [1.29, 1.82) is 0 Å². The molecule has 1 N–H and O–H groups in total. The Morgan fingerprint density at radius 2 is 2.18 bits per heavy atom. The monoisotopic (exact) mass is 230 g/mol. The highest BCUT2D eigenvalue weighted by atomic mass is 16.4. The molecule has 1 aromatic rings. The smallest absolute Gasteiger partial charge is 0.411 e. The van der Waals surface area contributed by atoms with Crippen LogP contribution in [0.3, 0.4) is 0 Å². The first-order valence-corrected chi connectivity index (χ1v) is 5.75. The lowest BCUT2D eigenvalue weighted by Crippen LogP contribution is -2.39. The van der Waals surface area contributed by atoms with Crippen LogP contribution in [0.15, 0.2) is 36.4 Å². The first kappa shape index (κ1) is 10.4. The minimum absolute atomic E-state index is 0.207. The summed E-state index contributed by atoms with van der Waals surface area (Å²) >= 11 is 0. The number of fused-ring (bicyclic) bond motifs is 2. The van der Waals surface area contributed by atoms with Crippen molar-refractivity contribution in [3.63, 3.8) is 0 Å². The zero-order valence-electron chi connectivity index (χ0n) is 9.41. The van der Waals surface area contributed by atoms with Gasteiger partial charge in [0, 0.05) is 25.7 Å². The van der Waals surface area contributed by atoms with Crippen LogP contribution in [-0.4, -0.2) is 35.2 Å². The summed E-state index contributed by atoms with van der Waals surface area (Å²) in [6.45, 7) is 2.24. The first-order valence-electron chi connectivity index (χ1n) is 5.75. The fourth-order valence-electron chi connectivity index (χ4n) is 2.56. The molecule has 0 saturated carbocycles. The summed E-state index contributed by atoms with van der Waals surface area (Å²) < 4.78 is 0. The van der Waals surface area contributed by atoms with E-state index in [9.17, 15) is 9.90 Å². The molecule has 0 aromatic heterocycles.